The Kier molecular flexibility index (Phi) is 3.93. The molecule has 1 aromatic heterocycles. The molecule has 0 bridgehead atoms. The Morgan fingerprint density at radius 3 is 2.76 bits per heavy atom. The van der Waals surface area contributed by atoms with Crippen LogP contribution in [0.3, 0.4) is 0 Å². The number of aromatic nitrogens is 1. The smallest absolute Gasteiger partial charge is 0.250 e. The number of likely N-dealkylation sites (N-methyl/N-ethyl adjacent to an activating group) is 1. The van der Waals surface area contributed by atoms with Gasteiger partial charge >= 0.3 is 0 Å². The van der Waals surface area contributed by atoms with Crippen LogP contribution in [-0.2, 0) is 19.4 Å². The molecule has 1 atom stereocenters. The number of aryl methyl sites for hydroxylation is 2. The van der Waals surface area contributed by atoms with Crippen LogP contribution in [0.15, 0.2) is 41.2 Å². The molecule has 0 aliphatic heterocycles. The molecule has 0 amide bonds. The van der Waals surface area contributed by atoms with E-state index in [0.29, 0.717) is 6.54 Å². The summed E-state index contributed by atoms with van der Waals surface area (Å²) < 4.78 is 1.97. The molecule has 21 heavy (non-hydrogen) atoms. The molecule has 1 N–H and O–H groups in total. The van der Waals surface area contributed by atoms with Crippen molar-refractivity contribution < 1.29 is 0 Å². The molecule has 2 aromatic rings. The predicted molar refractivity (Wildman–Crippen MR) is 85.7 cm³/mol. The Hall–Kier alpha value is -1.87. The molecule has 0 radical (unpaired) electrons. The molecule has 3 rings (SSSR count). The maximum absolute atomic E-state index is 12.3. The predicted octanol–water partition coefficient (Wildman–Crippen LogP) is 2.61. The summed E-state index contributed by atoms with van der Waals surface area (Å²) in [6, 6.07) is 12.3. The summed E-state index contributed by atoms with van der Waals surface area (Å²) in [5.41, 5.74) is 5.22. The van der Waals surface area contributed by atoms with Crippen LogP contribution in [0.1, 0.15) is 34.8 Å². The van der Waals surface area contributed by atoms with Gasteiger partial charge in [-0.3, -0.25) is 4.79 Å². The van der Waals surface area contributed by atoms with Crippen molar-refractivity contribution in [3.8, 4) is 0 Å². The van der Waals surface area contributed by atoms with Gasteiger partial charge in [0.1, 0.15) is 0 Å². The van der Waals surface area contributed by atoms with E-state index in [1.807, 2.05) is 17.7 Å². The lowest BCUT2D eigenvalue weighted by Gasteiger charge is -2.22. The number of hydrogen-bond acceptors (Lipinski definition) is 2. The normalized spacial score (nSPS) is 15.0. The average Bonchev–Trinajstić information content (AvgIpc) is 2.96. The van der Waals surface area contributed by atoms with Crippen LogP contribution in [0.2, 0.25) is 0 Å². The molecule has 1 aliphatic carbocycles. The van der Waals surface area contributed by atoms with Crippen molar-refractivity contribution in [2.24, 2.45) is 0 Å². The van der Waals surface area contributed by atoms with Crippen molar-refractivity contribution >= 4 is 0 Å². The van der Waals surface area contributed by atoms with Gasteiger partial charge in [0.15, 0.2) is 0 Å². The zero-order chi connectivity index (χ0) is 14.8. The number of fused-ring (bicyclic) bond motifs is 1. The maximum Gasteiger partial charge on any atom is 0.250 e. The zero-order valence-corrected chi connectivity index (χ0v) is 12.7. The molecule has 0 fully saturated rings. The van der Waals surface area contributed by atoms with E-state index in [-0.39, 0.29) is 11.6 Å². The van der Waals surface area contributed by atoms with Crippen LogP contribution in [0, 0.1) is 6.92 Å². The van der Waals surface area contributed by atoms with Crippen LogP contribution in [0.4, 0.5) is 0 Å². The summed E-state index contributed by atoms with van der Waals surface area (Å²) in [6.45, 7) is 2.82. The third-order valence-electron chi connectivity index (χ3n) is 4.53. The minimum absolute atomic E-state index is 0.115. The molecule has 1 aliphatic rings. The summed E-state index contributed by atoms with van der Waals surface area (Å²) in [4.78, 5) is 12.3. The van der Waals surface area contributed by atoms with Gasteiger partial charge in [0.05, 0.1) is 6.04 Å². The molecular formula is C18H22N2O. The highest BCUT2D eigenvalue weighted by atomic mass is 16.1. The number of hydrogen-bond donors (Lipinski definition) is 1. The van der Waals surface area contributed by atoms with Crippen LogP contribution >= 0.6 is 0 Å². The van der Waals surface area contributed by atoms with Crippen molar-refractivity contribution in [2.45, 2.75) is 38.8 Å². The van der Waals surface area contributed by atoms with E-state index >= 15 is 0 Å². The topological polar surface area (TPSA) is 34.0 Å². The van der Waals surface area contributed by atoms with Crippen molar-refractivity contribution in [3.05, 3.63) is 69.1 Å². The number of benzene rings is 1. The quantitative estimate of drug-likeness (QED) is 0.935. The Morgan fingerprint density at radius 1 is 1.19 bits per heavy atom. The highest BCUT2D eigenvalue weighted by Crippen LogP contribution is 2.23. The van der Waals surface area contributed by atoms with Gasteiger partial charge < -0.3 is 9.88 Å². The van der Waals surface area contributed by atoms with Gasteiger partial charge in [0.2, 0.25) is 0 Å². The molecule has 1 unspecified atom stereocenters. The Balaban J connectivity index is 1.98. The first-order chi connectivity index (χ1) is 10.2. The maximum atomic E-state index is 12.3. The Labute approximate surface area is 125 Å². The lowest BCUT2D eigenvalue weighted by molar-refractivity contribution is 0.479. The van der Waals surface area contributed by atoms with Gasteiger partial charge in [-0.15, -0.1) is 0 Å². The monoisotopic (exact) mass is 282 g/mol. The van der Waals surface area contributed by atoms with Crippen LogP contribution < -0.4 is 10.9 Å². The first kappa shape index (κ1) is 14.1. The fraction of sp³-hybridized carbons (Fsp3) is 0.389. The fourth-order valence-electron chi connectivity index (χ4n) is 3.34. The van der Waals surface area contributed by atoms with Crippen molar-refractivity contribution in [1.29, 1.82) is 0 Å². The number of nitrogens with one attached hydrogen (secondary N) is 1. The lowest BCUT2D eigenvalue weighted by atomic mass is 10.0. The summed E-state index contributed by atoms with van der Waals surface area (Å²) in [5, 5.41) is 3.37. The van der Waals surface area contributed by atoms with E-state index in [9.17, 15) is 4.79 Å². The molecule has 0 spiro atoms. The molecule has 1 heterocycles. The molecule has 3 heteroatoms. The number of nitrogens with zero attached hydrogens (tertiary/aromatic N) is 1. The second kappa shape index (κ2) is 5.86. The summed E-state index contributed by atoms with van der Waals surface area (Å²) in [6.07, 6.45) is 3.28. The minimum atomic E-state index is 0.115. The first-order valence-corrected chi connectivity index (χ1v) is 7.65. The highest BCUT2D eigenvalue weighted by molar-refractivity contribution is 5.30. The van der Waals surface area contributed by atoms with Gasteiger partial charge in [-0.25, -0.2) is 0 Å². The molecular weight excluding hydrogens is 260 g/mol. The van der Waals surface area contributed by atoms with E-state index in [4.69, 9.17) is 0 Å². The van der Waals surface area contributed by atoms with Crippen LogP contribution in [0.5, 0.6) is 0 Å². The van der Waals surface area contributed by atoms with Gasteiger partial charge in [-0.2, -0.15) is 0 Å². The second-order valence-corrected chi connectivity index (χ2v) is 5.81. The summed E-state index contributed by atoms with van der Waals surface area (Å²) in [5.74, 6) is 0. The number of rotatable bonds is 4. The van der Waals surface area contributed by atoms with E-state index in [2.05, 4.69) is 36.5 Å². The first-order valence-electron chi connectivity index (χ1n) is 7.65. The summed E-state index contributed by atoms with van der Waals surface area (Å²) in [7, 11) is 1.96. The number of pyridine rings is 1. The van der Waals surface area contributed by atoms with Crippen molar-refractivity contribution in [2.75, 3.05) is 7.05 Å². The van der Waals surface area contributed by atoms with Crippen LogP contribution in [-0.4, -0.2) is 11.6 Å². The third kappa shape index (κ3) is 2.66. The lowest BCUT2D eigenvalue weighted by Crippen LogP contribution is -2.30. The molecule has 3 nitrogen and oxygen atoms in total. The SMILES string of the molecule is CNC(Cn1c2c(ccc1=O)CCC2)c1ccccc1C. The van der Waals surface area contributed by atoms with Gasteiger partial charge in [-0.05, 0) is 49.9 Å². The van der Waals surface area contributed by atoms with E-state index < -0.39 is 0 Å². The van der Waals surface area contributed by atoms with Crippen molar-refractivity contribution in [1.82, 2.24) is 9.88 Å². The molecule has 1 aromatic carbocycles. The Morgan fingerprint density at radius 2 is 2.00 bits per heavy atom. The van der Waals surface area contributed by atoms with E-state index in [1.54, 1.807) is 6.07 Å². The van der Waals surface area contributed by atoms with Gasteiger partial charge in [0.25, 0.3) is 5.56 Å². The van der Waals surface area contributed by atoms with Crippen molar-refractivity contribution in [3.63, 3.8) is 0 Å². The highest BCUT2D eigenvalue weighted by Gasteiger charge is 2.19. The second-order valence-electron chi connectivity index (χ2n) is 5.81. The van der Waals surface area contributed by atoms with E-state index in [0.717, 1.165) is 19.3 Å². The average molecular weight is 282 g/mol. The molecule has 0 saturated carbocycles. The van der Waals surface area contributed by atoms with Crippen LogP contribution in [0.25, 0.3) is 0 Å². The zero-order valence-electron chi connectivity index (χ0n) is 12.7. The minimum Gasteiger partial charge on any atom is -0.312 e. The van der Waals surface area contributed by atoms with E-state index in [1.165, 1.54) is 22.4 Å². The van der Waals surface area contributed by atoms with Gasteiger partial charge in [0, 0.05) is 18.3 Å². The molecule has 110 valence electrons. The molecule has 0 saturated heterocycles. The standard InChI is InChI=1S/C18H22N2O/c1-13-6-3-4-8-15(13)16(19-2)12-20-17-9-5-7-14(17)10-11-18(20)21/h3-4,6,8,10-11,16,19H,5,7,9,12H2,1-2H3. The summed E-state index contributed by atoms with van der Waals surface area (Å²) >= 11 is 0. The van der Waals surface area contributed by atoms with Gasteiger partial charge in [-0.1, -0.05) is 30.3 Å². The largest absolute Gasteiger partial charge is 0.312 e. The third-order valence-corrected chi connectivity index (χ3v) is 4.53. The fourth-order valence-corrected chi connectivity index (χ4v) is 3.34. The Bertz CT molecular complexity index is 703.